The van der Waals surface area contributed by atoms with Crippen LogP contribution in [-0.2, 0) is 17.0 Å². The highest BCUT2D eigenvalue weighted by atomic mass is 32.2. The molecule has 0 aliphatic carbocycles. The summed E-state index contributed by atoms with van der Waals surface area (Å²) in [6, 6.07) is 4.69. The van der Waals surface area contributed by atoms with E-state index in [4.69, 9.17) is 9.15 Å². The van der Waals surface area contributed by atoms with Crippen molar-refractivity contribution in [2.45, 2.75) is 38.1 Å². The summed E-state index contributed by atoms with van der Waals surface area (Å²) in [5.41, 5.74) is 0. The Hall–Kier alpha value is -0.450. The molecule has 3 nitrogen and oxygen atoms in total. The van der Waals surface area contributed by atoms with Crippen molar-refractivity contribution in [1.29, 1.82) is 0 Å². The van der Waals surface area contributed by atoms with Crippen molar-refractivity contribution in [3.05, 3.63) is 23.7 Å². The van der Waals surface area contributed by atoms with E-state index in [0.29, 0.717) is 6.04 Å². The molecule has 1 N–H and O–H groups in total. The molecule has 0 spiro atoms. The van der Waals surface area contributed by atoms with Crippen molar-refractivity contribution < 1.29 is 9.15 Å². The largest absolute Gasteiger partial charge is 0.464 e. The topological polar surface area (TPSA) is 34.4 Å². The van der Waals surface area contributed by atoms with Gasteiger partial charge in [-0.2, -0.15) is 11.8 Å². The fourth-order valence-corrected chi connectivity index (χ4v) is 2.82. The van der Waals surface area contributed by atoms with Gasteiger partial charge in [0.05, 0.1) is 12.3 Å². The molecule has 1 fully saturated rings. The number of furan rings is 1. The van der Waals surface area contributed by atoms with Gasteiger partial charge in [-0.15, -0.1) is 0 Å². The lowest BCUT2D eigenvalue weighted by Gasteiger charge is -2.28. The molecule has 102 valence electrons. The maximum absolute atomic E-state index is 5.75. The summed E-state index contributed by atoms with van der Waals surface area (Å²) in [4.78, 5) is 0. The average molecular weight is 269 g/mol. The summed E-state index contributed by atoms with van der Waals surface area (Å²) < 4.78 is 11.1. The third kappa shape index (κ3) is 4.04. The molecular weight excluding hydrogens is 246 g/mol. The quantitative estimate of drug-likeness (QED) is 0.861. The molecule has 1 aliphatic heterocycles. The Morgan fingerprint density at radius 1 is 1.33 bits per heavy atom. The third-order valence-electron chi connectivity index (χ3n) is 3.58. The summed E-state index contributed by atoms with van der Waals surface area (Å²) in [7, 11) is 0. The van der Waals surface area contributed by atoms with Crippen LogP contribution in [0.15, 0.2) is 16.5 Å². The van der Waals surface area contributed by atoms with Crippen LogP contribution in [0.4, 0.5) is 0 Å². The fraction of sp³-hybridized carbons (Fsp3) is 0.714. The van der Waals surface area contributed by atoms with Crippen LogP contribution in [-0.4, -0.2) is 25.5 Å². The first kappa shape index (κ1) is 14.0. The van der Waals surface area contributed by atoms with E-state index in [1.807, 2.05) is 0 Å². The van der Waals surface area contributed by atoms with Crippen molar-refractivity contribution in [2.24, 2.45) is 5.92 Å². The van der Waals surface area contributed by atoms with Crippen molar-refractivity contribution >= 4 is 11.8 Å². The molecule has 2 rings (SSSR count). The van der Waals surface area contributed by atoms with E-state index in [1.165, 1.54) is 12.8 Å². The highest BCUT2D eigenvalue weighted by Crippen LogP contribution is 2.19. The van der Waals surface area contributed by atoms with Gasteiger partial charge in [-0.25, -0.2) is 0 Å². The van der Waals surface area contributed by atoms with E-state index >= 15 is 0 Å². The van der Waals surface area contributed by atoms with E-state index in [1.54, 1.807) is 11.8 Å². The Balaban J connectivity index is 1.75. The molecular formula is C14H23NO2S. The minimum absolute atomic E-state index is 0.531. The smallest absolute Gasteiger partial charge is 0.118 e. The van der Waals surface area contributed by atoms with Gasteiger partial charge in [-0.3, -0.25) is 0 Å². The standard InChI is InChI=1S/C14H23NO2S/c1-11(12-5-7-16-8-6-12)15-9-13-3-4-14(17-13)10-18-2/h3-4,11-12,15H,5-10H2,1-2H3. The molecule has 0 bridgehead atoms. The first-order valence-electron chi connectivity index (χ1n) is 6.67. The molecule has 1 aromatic heterocycles. The predicted octanol–water partition coefficient (Wildman–Crippen LogP) is 3.05. The first-order valence-corrected chi connectivity index (χ1v) is 8.06. The molecule has 0 aromatic carbocycles. The number of rotatable bonds is 6. The van der Waals surface area contributed by atoms with Crippen LogP contribution in [0.2, 0.25) is 0 Å². The van der Waals surface area contributed by atoms with Crippen LogP contribution in [0.5, 0.6) is 0 Å². The van der Waals surface area contributed by atoms with Crippen LogP contribution in [0.1, 0.15) is 31.3 Å². The zero-order valence-electron chi connectivity index (χ0n) is 11.3. The lowest BCUT2D eigenvalue weighted by Crippen LogP contribution is -2.36. The normalized spacial score (nSPS) is 19.0. The van der Waals surface area contributed by atoms with Crippen molar-refractivity contribution in [1.82, 2.24) is 5.32 Å². The Bertz CT molecular complexity index is 347. The SMILES string of the molecule is CSCc1ccc(CNC(C)C2CCOCC2)o1. The highest BCUT2D eigenvalue weighted by Gasteiger charge is 2.20. The predicted molar refractivity (Wildman–Crippen MR) is 75.8 cm³/mol. The zero-order valence-corrected chi connectivity index (χ0v) is 12.1. The highest BCUT2D eigenvalue weighted by molar-refractivity contribution is 7.97. The second-order valence-corrected chi connectivity index (χ2v) is 5.79. The Morgan fingerprint density at radius 3 is 2.78 bits per heavy atom. The van der Waals surface area contributed by atoms with Gasteiger partial charge in [0, 0.05) is 19.3 Å². The van der Waals surface area contributed by atoms with Crippen LogP contribution >= 0.6 is 11.8 Å². The van der Waals surface area contributed by atoms with Gasteiger partial charge in [-0.05, 0) is 44.1 Å². The average Bonchev–Trinajstić information content (AvgIpc) is 2.85. The van der Waals surface area contributed by atoms with Gasteiger partial charge in [0.15, 0.2) is 0 Å². The van der Waals surface area contributed by atoms with Gasteiger partial charge >= 0.3 is 0 Å². The van der Waals surface area contributed by atoms with Crippen molar-refractivity contribution in [3.63, 3.8) is 0 Å². The summed E-state index contributed by atoms with van der Waals surface area (Å²) in [6.07, 6.45) is 4.43. The van der Waals surface area contributed by atoms with E-state index in [-0.39, 0.29) is 0 Å². The third-order valence-corrected chi connectivity index (χ3v) is 4.15. The first-order chi connectivity index (χ1) is 8.79. The monoisotopic (exact) mass is 269 g/mol. The van der Waals surface area contributed by atoms with Gasteiger partial charge in [0.2, 0.25) is 0 Å². The van der Waals surface area contributed by atoms with Gasteiger partial charge in [0.25, 0.3) is 0 Å². The molecule has 0 radical (unpaired) electrons. The maximum atomic E-state index is 5.75. The molecule has 1 aromatic rings. The van der Waals surface area contributed by atoms with E-state index in [9.17, 15) is 0 Å². The Morgan fingerprint density at radius 2 is 2.06 bits per heavy atom. The summed E-state index contributed by atoms with van der Waals surface area (Å²) >= 11 is 1.79. The Labute approximate surface area is 114 Å². The fourth-order valence-electron chi connectivity index (χ4n) is 2.38. The summed E-state index contributed by atoms with van der Waals surface area (Å²) in [6.45, 7) is 4.92. The summed E-state index contributed by atoms with van der Waals surface area (Å²) in [5.74, 6) is 3.80. The minimum atomic E-state index is 0.531. The molecule has 1 atom stereocenters. The maximum Gasteiger partial charge on any atom is 0.118 e. The van der Waals surface area contributed by atoms with E-state index < -0.39 is 0 Å². The molecule has 2 heterocycles. The molecule has 0 amide bonds. The zero-order chi connectivity index (χ0) is 12.8. The molecule has 18 heavy (non-hydrogen) atoms. The number of ether oxygens (including phenoxy) is 1. The molecule has 1 saturated heterocycles. The number of thioether (sulfide) groups is 1. The molecule has 1 aliphatic rings. The molecule has 1 unspecified atom stereocenters. The van der Waals surface area contributed by atoms with Gasteiger partial charge < -0.3 is 14.5 Å². The van der Waals surface area contributed by atoms with Crippen LogP contribution in [0.3, 0.4) is 0 Å². The molecule has 4 heteroatoms. The van der Waals surface area contributed by atoms with Crippen LogP contribution in [0.25, 0.3) is 0 Å². The number of nitrogens with one attached hydrogen (secondary N) is 1. The number of hydrogen-bond donors (Lipinski definition) is 1. The molecule has 0 saturated carbocycles. The van der Waals surface area contributed by atoms with Crippen molar-refractivity contribution in [3.8, 4) is 0 Å². The van der Waals surface area contributed by atoms with E-state index in [0.717, 1.165) is 42.9 Å². The second-order valence-electron chi connectivity index (χ2n) is 4.92. The van der Waals surface area contributed by atoms with E-state index in [2.05, 4.69) is 30.6 Å². The minimum Gasteiger partial charge on any atom is -0.464 e. The van der Waals surface area contributed by atoms with Crippen LogP contribution < -0.4 is 5.32 Å². The van der Waals surface area contributed by atoms with Gasteiger partial charge in [0.1, 0.15) is 11.5 Å². The second kappa shape index (κ2) is 7.22. The summed E-state index contributed by atoms with van der Waals surface area (Å²) in [5, 5.41) is 3.57. The van der Waals surface area contributed by atoms with Crippen LogP contribution in [0, 0.1) is 5.92 Å². The lowest BCUT2D eigenvalue weighted by molar-refractivity contribution is 0.0555. The van der Waals surface area contributed by atoms with Gasteiger partial charge in [-0.1, -0.05) is 0 Å². The lowest BCUT2D eigenvalue weighted by atomic mass is 9.93. The van der Waals surface area contributed by atoms with Crippen molar-refractivity contribution in [2.75, 3.05) is 19.5 Å². The number of hydrogen-bond acceptors (Lipinski definition) is 4. The Kier molecular flexibility index (Phi) is 5.60.